The van der Waals surface area contributed by atoms with Crippen molar-refractivity contribution in [2.24, 2.45) is 5.92 Å². The number of rotatable bonds is 8. The lowest BCUT2D eigenvalue weighted by Gasteiger charge is -2.36. The predicted octanol–water partition coefficient (Wildman–Crippen LogP) is 3.59. The number of carboxylic acids is 1. The molecule has 0 radical (unpaired) electrons. The monoisotopic (exact) mass is 420 g/mol. The first kappa shape index (κ1) is 21.5. The van der Waals surface area contributed by atoms with Gasteiger partial charge in [0.15, 0.2) is 6.61 Å². The Kier molecular flexibility index (Phi) is 6.47. The minimum atomic E-state index is -4.48. The van der Waals surface area contributed by atoms with Crippen molar-refractivity contribution >= 4 is 5.97 Å². The molecule has 0 spiro atoms. The van der Waals surface area contributed by atoms with E-state index in [0.29, 0.717) is 30.9 Å². The highest BCUT2D eigenvalue weighted by Gasteiger charge is 2.32. The molecule has 0 bridgehead atoms. The van der Waals surface area contributed by atoms with Gasteiger partial charge in [0, 0.05) is 19.6 Å². The Labute approximate surface area is 171 Å². The molecule has 2 aromatic carbocycles. The number of likely N-dealkylation sites (tertiary alicyclic amines) is 1. The fourth-order valence-electron chi connectivity index (χ4n) is 3.01. The number of carboxylic acid groups (broad SMARTS) is 1. The van der Waals surface area contributed by atoms with Crippen molar-refractivity contribution < 1.29 is 32.5 Å². The van der Waals surface area contributed by atoms with E-state index in [1.165, 1.54) is 12.1 Å². The van der Waals surface area contributed by atoms with E-state index in [9.17, 15) is 18.0 Å². The van der Waals surface area contributed by atoms with Crippen molar-refractivity contribution in [3.8, 4) is 17.6 Å². The lowest BCUT2D eigenvalue weighted by molar-refractivity contribution is -0.153. The van der Waals surface area contributed by atoms with Crippen LogP contribution >= 0.6 is 0 Å². The molecule has 1 fully saturated rings. The van der Waals surface area contributed by atoms with Gasteiger partial charge in [0.05, 0.1) is 11.5 Å². The summed E-state index contributed by atoms with van der Waals surface area (Å²) in [6.45, 7) is 0.419. The third kappa shape index (κ3) is 5.87. The number of hydrogen-bond donors (Lipinski definition) is 1. The van der Waals surface area contributed by atoms with Crippen LogP contribution < -0.4 is 9.47 Å². The molecule has 2 aromatic rings. The van der Waals surface area contributed by atoms with Crippen molar-refractivity contribution in [3.05, 3.63) is 59.2 Å². The maximum Gasteiger partial charge on any atom is 0.422 e. The van der Waals surface area contributed by atoms with Crippen LogP contribution in [0.2, 0.25) is 0 Å². The fourth-order valence-corrected chi connectivity index (χ4v) is 3.01. The number of nitrogens with zero attached hydrogens (tertiary/aromatic N) is 2. The highest BCUT2D eigenvalue weighted by molar-refractivity contribution is 5.71. The van der Waals surface area contributed by atoms with E-state index < -0.39 is 18.8 Å². The first-order valence-electron chi connectivity index (χ1n) is 9.13. The van der Waals surface area contributed by atoms with Gasteiger partial charge in [-0.3, -0.25) is 9.69 Å². The molecule has 3 rings (SSSR count). The second-order valence-electron chi connectivity index (χ2n) is 7.01. The zero-order chi connectivity index (χ0) is 21.7. The Morgan fingerprint density at radius 3 is 2.40 bits per heavy atom. The molecular weight excluding hydrogens is 401 g/mol. The maximum atomic E-state index is 12.3. The molecule has 1 N–H and O–H groups in total. The van der Waals surface area contributed by atoms with Crippen LogP contribution in [0.3, 0.4) is 0 Å². The minimum Gasteiger partial charge on any atom is -0.489 e. The minimum absolute atomic E-state index is 0.00455. The summed E-state index contributed by atoms with van der Waals surface area (Å²) in [6.07, 6.45) is -4.48. The van der Waals surface area contributed by atoms with E-state index in [1.54, 1.807) is 18.2 Å². The van der Waals surface area contributed by atoms with Gasteiger partial charge in [-0.1, -0.05) is 18.2 Å². The molecule has 1 aliphatic heterocycles. The first-order chi connectivity index (χ1) is 14.2. The van der Waals surface area contributed by atoms with Crippen LogP contribution in [0.1, 0.15) is 16.7 Å². The number of halogens is 3. The summed E-state index contributed by atoms with van der Waals surface area (Å²) in [6, 6.07) is 13.5. The van der Waals surface area contributed by atoms with Crippen molar-refractivity contribution in [2.45, 2.75) is 19.3 Å². The van der Waals surface area contributed by atoms with Gasteiger partial charge in [0.25, 0.3) is 0 Å². The van der Waals surface area contributed by atoms with E-state index in [2.05, 4.69) is 4.74 Å². The molecule has 9 heteroatoms. The average molecular weight is 420 g/mol. The molecule has 6 nitrogen and oxygen atoms in total. The number of ether oxygens (including phenoxy) is 2. The van der Waals surface area contributed by atoms with Crippen molar-refractivity contribution in [2.75, 3.05) is 19.7 Å². The van der Waals surface area contributed by atoms with Gasteiger partial charge in [0.2, 0.25) is 0 Å². The van der Waals surface area contributed by atoms with E-state index in [4.69, 9.17) is 15.1 Å². The fraction of sp³-hybridized carbons (Fsp3) is 0.333. The largest absolute Gasteiger partial charge is 0.489 e. The summed E-state index contributed by atoms with van der Waals surface area (Å²) in [5.74, 6) is -0.591. The molecule has 30 heavy (non-hydrogen) atoms. The number of benzene rings is 2. The predicted molar refractivity (Wildman–Crippen MR) is 99.9 cm³/mol. The van der Waals surface area contributed by atoms with Crippen LogP contribution in [0.15, 0.2) is 42.5 Å². The average Bonchev–Trinajstić information content (AvgIpc) is 2.67. The number of carbonyl (C=O) groups is 1. The Morgan fingerprint density at radius 2 is 1.80 bits per heavy atom. The third-order valence-electron chi connectivity index (χ3n) is 4.60. The summed E-state index contributed by atoms with van der Waals surface area (Å²) in [5, 5.41) is 18.0. The van der Waals surface area contributed by atoms with Gasteiger partial charge in [-0.15, -0.1) is 0 Å². The lowest BCUT2D eigenvalue weighted by atomic mass is 10.00. The van der Waals surface area contributed by atoms with Gasteiger partial charge in [-0.05, 0) is 35.4 Å². The first-order valence-corrected chi connectivity index (χ1v) is 9.13. The van der Waals surface area contributed by atoms with Crippen molar-refractivity contribution in [1.82, 2.24) is 4.90 Å². The van der Waals surface area contributed by atoms with Crippen LogP contribution in [0.25, 0.3) is 0 Å². The summed E-state index contributed by atoms with van der Waals surface area (Å²) in [7, 11) is 0. The maximum absolute atomic E-state index is 12.3. The quantitative estimate of drug-likeness (QED) is 0.703. The van der Waals surface area contributed by atoms with E-state index >= 15 is 0 Å². The smallest absolute Gasteiger partial charge is 0.422 e. The molecule has 0 amide bonds. The van der Waals surface area contributed by atoms with Gasteiger partial charge in [0.1, 0.15) is 24.2 Å². The molecule has 0 aliphatic carbocycles. The Morgan fingerprint density at radius 1 is 1.13 bits per heavy atom. The van der Waals surface area contributed by atoms with E-state index in [-0.39, 0.29) is 23.8 Å². The van der Waals surface area contributed by atoms with Crippen molar-refractivity contribution in [1.29, 1.82) is 5.26 Å². The Bertz CT molecular complexity index is 933. The molecule has 158 valence electrons. The molecule has 1 saturated heterocycles. The second-order valence-corrected chi connectivity index (χ2v) is 7.01. The number of alkyl halides is 3. The van der Waals surface area contributed by atoms with Gasteiger partial charge in [-0.2, -0.15) is 18.4 Å². The van der Waals surface area contributed by atoms with Crippen LogP contribution in [0.5, 0.6) is 11.5 Å². The SMILES string of the molecule is N#Cc1cc(COc2ccc(CN3CC(C(=O)O)C3)cc2)ccc1OCC(F)(F)F. The zero-order valence-corrected chi connectivity index (χ0v) is 15.9. The van der Waals surface area contributed by atoms with Gasteiger partial charge < -0.3 is 14.6 Å². The summed E-state index contributed by atoms with van der Waals surface area (Å²) >= 11 is 0. The Balaban J connectivity index is 1.51. The molecule has 1 aliphatic rings. The van der Waals surface area contributed by atoms with Crippen LogP contribution in [-0.2, 0) is 17.9 Å². The highest BCUT2D eigenvalue weighted by Crippen LogP contribution is 2.24. The zero-order valence-electron chi connectivity index (χ0n) is 15.9. The molecule has 0 atom stereocenters. The second kappa shape index (κ2) is 9.05. The van der Waals surface area contributed by atoms with E-state index in [1.807, 2.05) is 23.1 Å². The highest BCUT2D eigenvalue weighted by atomic mass is 19.4. The standard InChI is InChI=1S/C21H19F3N2O4/c22-21(23,24)13-30-19-6-3-15(7-16(19)8-25)12-29-18-4-1-14(2-5-18)9-26-10-17(11-26)20(27)28/h1-7,17H,9-13H2,(H,27,28). The summed E-state index contributed by atoms with van der Waals surface area (Å²) in [5.41, 5.74) is 1.66. The number of hydrogen-bond acceptors (Lipinski definition) is 5. The molecule has 0 unspecified atom stereocenters. The molecular formula is C21H19F3N2O4. The van der Waals surface area contributed by atoms with Crippen LogP contribution in [-0.4, -0.2) is 41.8 Å². The van der Waals surface area contributed by atoms with Gasteiger partial charge >= 0.3 is 12.1 Å². The van der Waals surface area contributed by atoms with E-state index in [0.717, 1.165) is 5.56 Å². The van der Waals surface area contributed by atoms with Crippen molar-refractivity contribution in [3.63, 3.8) is 0 Å². The third-order valence-corrected chi connectivity index (χ3v) is 4.60. The van der Waals surface area contributed by atoms with Crippen LogP contribution in [0.4, 0.5) is 13.2 Å². The lowest BCUT2D eigenvalue weighted by Crippen LogP contribution is -2.49. The number of nitriles is 1. The van der Waals surface area contributed by atoms with Gasteiger partial charge in [-0.25, -0.2) is 0 Å². The topological polar surface area (TPSA) is 82.8 Å². The molecule has 0 aromatic heterocycles. The molecule has 1 heterocycles. The van der Waals surface area contributed by atoms with Crippen LogP contribution in [0, 0.1) is 17.2 Å². The molecule has 0 saturated carbocycles. The normalized spacial score (nSPS) is 14.6. The summed E-state index contributed by atoms with van der Waals surface area (Å²) in [4.78, 5) is 12.9. The Hall–Kier alpha value is -3.25. The summed E-state index contributed by atoms with van der Waals surface area (Å²) < 4.78 is 47.2. The number of aliphatic carboxylic acids is 1.